The molecule has 0 fully saturated rings. The molecule has 3 rings (SSSR count). The third kappa shape index (κ3) is 4.65. The molecule has 0 saturated heterocycles. The number of amides is 1. The first-order chi connectivity index (χ1) is 13.5. The Kier molecular flexibility index (Phi) is 5.89. The van der Waals surface area contributed by atoms with E-state index in [0.717, 1.165) is 10.2 Å². The lowest BCUT2D eigenvalue weighted by atomic mass is 10.0. The quantitative estimate of drug-likeness (QED) is 0.711. The second-order valence-electron chi connectivity index (χ2n) is 6.77. The van der Waals surface area contributed by atoms with Gasteiger partial charge in [0.15, 0.2) is 0 Å². The number of methoxy groups -OCH3 is 1. The van der Waals surface area contributed by atoms with Gasteiger partial charge in [0, 0.05) is 17.3 Å². The molecule has 0 atom stereocenters. The molecule has 1 heterocycles. The summed E-state index contributed by atoms with van der Waals surface area (Å²) in [5, 5.41) is 7.13. The predicted octanol–water partition coefficient (Wildman–Crippen LogP) is 3.68. The van der Waals surface area contributed by atoms with Gasteiger partial charge >= 0.3 is 0 Å². The Bertz CT molecular complexity index is 1020. The van der Waals surface area contributed by atoms with Crippen molar-refractivity contribution in [3.8, 4) is 17.0 Å². The molecule has 144 valence electrons. The Balaban J connectivity index is 1.76. The summed E-state index contributed by atoms with van der Waals surface area (Å²) in [5.74, 6) is 0.807. The van der Waals surface area contributed by atoms with E-state index in [1.165, 1.54) is 11.6 Å². The second-order valence-corrected chi connectivity index (χ2v) is 6.77. The van der Waals surface area contributed by atoms with E-state index in [-0.39, 0.29) is 18.0 Å². The van der Waals surface area contributed by atoms with Gasteiger partial charge in [-0.3, -0.25) is 9.59 Å². The number of aromatic nitrogens is 2. The Morgan fingerprint density at radius 3 is 2.54 bits per heavy atom. The van der Waals surface area contributed by atoms with E-state index in [4.69, 9.17) is 4.74 Å². The number of nitrogens with zero attached hydrogens (tertiary/aromatic N) is 2. The lowest BCUT2D eigenvalue weighted by Crippen LogP contribution is -2.29. The highest BCUT2D eigenvalue weighted by Crippen LogP contribution is 2.21. The Hall–Kier alpha value is -3.41. The Morgan fingerprint density at radius 1 is 1.11 bits per heavy atom. The molecule has 1 aromatic heterocycles. The number of hydrogen-bond donors (Lipinski definition) is 1. The highest BCUT2D eigenvalue weighted by Gasteiger charge is 2.09. The molecule has 0 aliphatic rings. The molecule has 0 radical (unpaired) electrons. The summed E-state index contributed by atoms with van der Waals surface area (Å²) < 4.78 is 6.38. The van der Waals surface area contributed by atoms with Gasteiger partial charge in [-0.15, -0.1) is 0 Å². The molecular formula is C22H23N3O3. The fourth-order valence-electron chi connectivity index (χ4n) is 2.79. The minimum absolute atomic E-state index is 0.164. The third-order valence-electron chi connectivity index (χ3n) is 4.39. The number of ether oxygens (including phenoxy) is 1. The third-order valence-corrected chi connectivity index (χ3v) is 4.39. The summed E-state index contributed by atoms with van der Waals surface area (Å²) in [6.07, 6.45) is 0. The predicted molar refractivity (Wildman–Crippen MR) is 110 cm³/mol. The van der Waals surface area contributed by atoms with Crippen LogP contribution >= 0.6 is 0 Å². The fraction of sp³-hybridized carbons (Fsp3) is 0.227. The van der Waals surface area contributed by atoms with Crippen LogP contribution in [0.2, 0.25) is 0 Å². The van der Waals surface area contributed by atoms with Gasteiger partial charge in [-0.25, -0.2) is 4.68 Å². The molecule has 3 aromatic rings. The van der Waals surface area contributed by atoms with Gasteiger partial charge in [-0.2, -0.15) is 5.10 Å². The molecule has 0 bridgehead atoms. The van der Waals surface area contributed by atoms with Crippen LogP contribution in [0.4, 0.5) is 5.69 Å². The van der Waals surface area contributed by atoms with Crippen LogP contribution in [0.3, 0.4) is 0 Å². The molecule has 0 aliphatic carbocycles. The molecule has 1 N–H and O–H groups in total. The maximum absolute atomic E-state index is 12.4. The zero-order valence-electron chi connectivity index (χ0n) is 16.2. The van der Waals surface area contributed by atoms with Crippen LogP contribution in [0.1, 0.15) is 25.3 Å². The Labute approximate surface area is 163 Å². The highest BCUT2D eigenvalue weighted by molar-refractivity contribution is 5.90. The number of anilines is 1. The minimum Gasteiger partial charge on any atom is -0.497 e. The maximum atomic E-state index is 12.4. The Morgan fingerprint density at radius 2 is 1.86 bits per heavy atom. The first kappa shape index (κ1) is 19.4. The minimum atomic E-state index is -0.336. The monoisotopic (exact) mass is 377 g/mol. The van der Waals surface area contributed by atoms with Crippen LogP contribution in [0.25, 0.3) is 11.3 Å². The van der Waals surface area contributed by atoms with Crippen LogP contribution in [0.15, 0.2) is 65.5 Å². The topological polar surface area (TPSA) is 73.2 Å². The average molecular weight is 377 g/mol. The normalized spacial score (nSPS) is 10.7. The van der Waals surface area contributed by atoms with Gasteiger partial charge in [0.2, 0.25) is 5.91 Å². The molecule has 6 nitrogen and oxygen atoms in total. The lowest BCUT2D eigenvalue weighted by molar-refractivity contribution is -0.117. The van der Waals surface area contributed by atoms with Crippen molar-refractivity contribution in [3.05, 3.63) is 76.6 Å². The van der Waals surface area contributed by atoms with E-state index in [0.29, 0.717) is 23.0 Å². The van der Waals surface area contributed by atoms with Crippen molar-refractivity contribution < 1.29 is 9.53 Å². The second kappa shape index (κ2) is 8.52. The molecule has 0 saturated carbocycles. The number of benzene rings is 2. The number of carbonyl (C=O) groups excluding carboxylic acids is 1. The molecular weight excluding hydrogens is 354 g/mol. The largest absolute Gasteiger partial charge is 0.497 e. The van der Waals surface area contributed by atoms with Gasteiger partial charge in [0.25, 0.3) is 5.56 Å². The summed E-state index contributed by atoms with van der Waals surface area (Å²) in [7, 11) is 1.59. The summed E-state index contributed by atoms with van der Waals surface area (Å²) in [5.41, 5.74) is 2.94. The molecule has 1 amide bonds. The van der Waals surface area contributed by atoms with Crippen molar-refractivity contribution in [1.82, 2.24) is 9.78 Å². The van der Waals surface area contributed by atoms with Gasteiger partial charge in [0.1, 0.15) is 12.3 Å². The summed E-state index contributed by atoms with van der Waals surface area (Å²) in [4.78, 5) is 24.5. The van der Waals surface area contributed by atoms with Crippen LogP contribution in [0, 0.1) is 0 Å². The van der Waals surface area contributed by atoms with Crippen molar-refractivity contribution in [2.24, 2.45) is 0 Å². The fourth-order valence-corrected chi connectivity index (χ4v) is 2.79. The van der Waals surface area contributed by atoms with Crippen LogP contribution in [-0.4, -0.2) is 22.8 Å². The molecule has 6 heteroatoms. The van der Waals surface area contributed by atoms with Crippen molar-refractivity contribution in [2.45, 2.75) is 26.3 Å². The van der Waals surface area contributed by atoms with Crippen molar-refractivity contribution >= 4 is 11.6 Å². The maximum Gasteiger partial charge on any atom is 0.267 e. The smallest absolute Gasteiger partial charge is 0.267 e. The number of nitrogens with one attached hydrogen (secondary N) is 1. The van der Waals surface area contributed by atoms with Crippen LogP contribution in [0.5, 0.6) is 5.75 Å². The zero-order chi connectivity index (χ0) is 20.1. The number of rotatable bonds is 6. The van der Waals surface area contributed by atoms with E-state index < -0.39 is 0 Å². The summed E-state index contributed by atoms with van der Waals surface area (Å²) in [6, 6.07) is 18.1. The van der Waals surface area contributed by atoms with E-state index in [2.05, 4.69) is 24.3 Å². The molecule has 0 unspecified atom stereocenters. The van der Waals surface area contributed by atoms with Crippen molar-refractivity contribution in [1.29, 1.82) is 0 Å². The SMILES string of the molecule is COc1cccc(-c2ccc(=O)n(CC(=O)Nc3ccc(C(C)C)cc3)n2)c1. The van der Waals surface area contributed by atoms with E-state index >= 15 is 0 Å². The average Bonchev–Trinajstić information content (AvgIpc) is 2.70. The standard InChI is InChI=1S/C22H23N3O3/c1-15(2)16-7-9-18(10-8-16)23-21(26)14-25-22(27)12-11-20(24-25)17-5-4-6-19(13-17)28-3/h4-13,15H,14H2,1-3H3,(H,23,26). The van der Waals surface area contributed by atoms with Crippen molar-refractivity contribution in [2.75, 3.05) is 12.4 Å². The molecule has 28 heavy (non-hydrogen) atoms. The van der Waals surface area contributed by atoms with Crippen molar-refractivity contribution in [3.63, 3.8) is 0 Å². The van der Waals surface area contributed by atoms with Crippen LogP contribution < -0.4 is 15.6 Å². The van der Waals surface area contributed by atoms with E-state index in [1.54, 1.807) is 13.2 Å². The first-order valence-corrected chi connectivity index (χ1v) is 9.08. The van der Waals surface area contributed by atoms with E-state index in [1.807, 2.05) is 48.5 Å². The number of hydrogen-bond acceptors (Lipinski definition) is 4. The first-order valence-electron chi connectivity index (χ1n) is 9.08. The van der Waals surface area contributed by atoms with Gasteiger partial charge in [0.05, 0.1) is 12.8 Å². The van der Waals surface area contributed by atoms with Gasteiger partial charge in [-0.05, 0) is 41.8 Å². The lowest BCUT2D eigenvalue weighted by Gasteiger charge is -2.10. The van der Waals surface area contributed by atoms with Gasteiger partial charge < -0.3 is 10.1 Å². The summed E-state index contributed by atoms with van der Waals surface area (Å²) >= 11 is 0. The van der Waals surface area contributed by atoms with E-state index in [9.17, 15) is 9.59 Å². The summed E-state index contributed by atoms with van der Waals surface area (Å²) in [6.45, 7) is 4.06. The molecule has 0 aliphatic heterocycles. The number of carbonyl (C=O) groups is 1. The van der Waals surface area contributed by atoms with Crippen LogP contribution in [-0.2, 0) is 11.3 Å². The molecule has 0 spiro atoms. The molecule has 2 aromatic carbocycles. The zero-order valence-corrected chi connectivity index (χ0v) is 16.2. The highest BCUT2D eigenvalue weighted by atomic mass is 16.5. The van der Waals surface area contributed by atoms with Gasteiger partial charge in [-0.1, -0.05) is 38.1 Å².